The number of nitrogens with two attached hydrogens (primary N) is 1. The molecule has 0 saturated carbocycles. The number of fused-ring (bicyclic) bond motifs is 3. The molecule has 3 amide bonds. The molecule has 646 valence electrons. The van der Waals surface area contributed by atoms with Gasteiger partial charge in [0.15, 0.2) is 30.8 Å². The summed E-state index contributed by atoms with van der Waals surface area (Å²) in [6, 6.07) is 32.2. The molecule has 5 aromatic carbocycles. The molecule has 0 fully saturated rings. The lowest BCUT2D eigenvalue weighted by molar-refractivity contribution is 0.0116. The summed E-state index contributed by atoms with van der Waals surface area (Å²) in [4.78, 5) is 55.1. The first-order valence-corrected chi connectivity index (χ1v) is 50.3. The zero-order valence-electron chi connectivity index (χ0n) is 75.8. The summed E-state index contributed by atoms with van der Waals surface area (Å²) in [5, 5.41) is 40.4. The fraction of sp³-hybridized carbons (Fsp3) is 0.560. The molecular weight excluding hydrogens is 1560 g/mol. The van der Waals surface area contributed by atoms with Crippen molar-refractivity contribution in [3.8, 4) is 69.3 Å². The van der Waals surface area contributed by atoms with Crippen LogP contribution in [0.3, 0.4) is 0 Å². The molecule has 3 N–H and O–H groups in total. The number of rotatable bonds is 24. The molecule has 0 saturated heterocycles. The Morgan fingerprint density at radius 3 is 1.10 bits per heavy atom. The van der Waals surface area contributed by atoms with E-state index in [0.29, 0.717) is 102 Å². The van der Waals surface area contributed by atoms with Gasteiger partial charge < -0.3 is 56.9 Å². The van der Waals surface area contributed by atoms with Crippen molar-refractivity contribution in [1.82, 2.24) is 35.0 Å². The Labute approximate surface area is 709 Å². The van der Waals surface area contributed by atoms with Crippen LogP contribution in [0.4, 0.5) is 14.4 Å². The first-order valence-electron chi connectivity index (χ1n) is 41.5. The summed E-state index contributed by atoms with van der Waals surface area (Å²) in [6.07, 6.45) is 3.35. The van der Waals surface area contributed by atoms with Crippen LogP contribution >= 0.6 is 0 Å². The molecular formula is C91H131N11O14Si3. The largest absolute Gasteiger partial charge is 0.490 e. The molecule has 0 radical (unpaired) electrons. The van der Waals surface area contributed by atoms with Gasteiger partial charge in [-0.1, -0.05) is 132 Å². The van der Waals surface area contributed by atoms with Crippen molar-refractivity contribution in [2.45, 2.75) is 292 Å². The number of hydrogen-bond donors (Lipinski definition) is 2. The SMILES string of the molecule is CC(C)(C)OC(=O)N(CCO[Si](C)(C)C(C)(C)C)[C@@H]1CCc2c(C(N)=NO)cccc21.CC(C)Oc1ccc(-c2nc(-c3cccc4c3CC[C@@H]4N(CCO[Si](C)(C)C(C)(C)C)C(=O)OC(C)(C)C)no2)cc1C#N.CC(C)Oc1ccc(-c2nc(-c3cccc4c3CC[C@@H]4N(CCO[Si](C)(C)C(C)(C)C)C(=O)OC(C)(C)C)no2)cc1C#N. The number of ether oxygens (including phenoxy) is 5. The third-order valence-electron chi connectivity index (χ3n) is 22.7. The number of nitriles is 2. The number of carbonyl (C=O) groups is 3. The Morgan fingerprint density at radius 2 is 0.807 bits per heavy atom. The average molecular weight is 1690 g/mol. The molecule has 28 heteroatoms. The Bertz CT molecular complexity index is 4570. The second kappa shape index (κ2) is 38.1. The molecule has 25 nitrogen and oxygen atoms in total. The highest BCUT2D eigenvalue weighted by molar-refractivity contribution is 6.75. The highest BCUT2D eigenvalue weighted by Crippen LogP contribution is 2.46. The van der Waals surface area contributed by atoms with Gasteiger partial charge in [0.05, 0.1) is 61.3 Å². The van der Waals surface area contributed by atoms with E-state index < -0.39 is 41.8 Å². The van der Waals surface area contributed by atoms with Crippen molar-refractivity contribution in [2.24, 2.45) is 10.9 Å². The van der Waals surface area contributed by atoms with Gasteiger partial charge >= 0.3 is 18.3 Å². The topological polar surface area (TPSA) is 319 Å². The van der Waals surface area contributed by atoms with E-state index in [0.717, 1.165) is 83.0 Å². The highest BCUT2D eigenvalue weighted by atomic mass is 28.4. The quantitative estimate of drug-likeness (QED) is 0.0142. The number of aromatic nitrogens is 4. The Balaban J connectivity index is 0.000000226. The lowest BCUT2D eigenvalue weighted by Gasteiger charge is -2.38. The Morgan fingerprint density at radius 1 is 0.496 bits per heavy atom. The zero-order chi connectivity index (χ0) is 88.5. The molecule has 3 aliphatic carbocycles. The molecule has 3 atom stereocenters. The number of hydrogen-bond acceptors (Lipinski definition) is 21. The maximum atomic E-state index is 13.5. The van der Waals surface area contributed by atoms with Gasteiger partial charge in [-0.3, -0.25) is 14.7 Å². The average Bonchev–Trinajstić information content (AvgIpc) is 1.64. The van der Waals surface area contributed by atoms with Crippen LogP contribution in [0.25, 0.3) is 45.7 Å². The monoisotopic (exact) mass is 1690 g/mol. The molecule has 3 aliphatic rings. The summed E-state index contributed by atoms with van der Waals surface area (Å²) in [5.41, 5.74) is 14.9. The van der Waals surface area contributed by atoms with E-state index in [9.17, 15) is 24.9 Å². The van der Waals surface area contributed by atoms with Crippen LogP contribution in [-0.4, -0.2) is 158 Å². The summed E-state index contributed by atoms with van der Waals surface area (Å²) >= 11 is 0. The maximum absolute atomic E-state index is 13.5. The molecule has 2 aromatic heterocycles. The highest BCUT2D eigenvalue weighted by Gasteiger charge is 2.44. The molecule has 7 aromatic rings. The van der Waals surface area contributed by atoms with Crippen LogP contribution in [0.1, 0.15) is 240 Å². The third-order valence-corrected chi connectivity index (χ3v) is 36.3. The lowest BCUT2D eigenvalue weighted by atomic mass is 10.0. The second-order valence-electron chi connectivity index (χ2n) is 38.9. The first-order chi connectivity index (χ1) is 55.2. The first kappa shape index (κ1) is 95.0. The van der Waals surface area contributed by atoms with Crippen molar-refractivity contribution in [2.75, 3.05) is 39.5 Å². The summed E-state index contributed by atoms with van der Waals surface area (Å²) in [6.45, 7) is 60.4. The van der Waals surface area contributed by atoms with Crippen LogP contribution in [0.15, 0.2) is 105 Å². The van der Waals surface area contributed by atoms with E-state index in [1.807, 2.05) is 154 Å². The smallest absolute Gasteiger partial charge is 0.410 e. The zero-order valence-corrected chi connectivity index (χ0v) is 78.8. The molecule has 10 rings (SSSR count). The minimum absolute atomic E-state index is 0.0529. The minimum Gasteiger partial charge on any atom is -0.490 e. The summed E-state index contributed by atoms with van der Waals surface area (Å²) in [5.74, 6) is 2.68. The van der Waals surface area contributed by atoms with Crippen molar-refractivity contribution < 1.29 is 65.6 Å². The van der Waals surface area contributed by atoms with Crippen molar-refractivity contribution >= 4 is 49.1 Å². The van der Waals surface area contributed by atoms with Gasteiger partial charge in [-0.25, -0.2) is 14.4 Å². The normalized spacial score (nSPS) is 15.8. The lowest BCUT2D eigenvalue weighted by Crippen LogP contribution is -2.45. The standard InChI is InChI=1S/2C34H46N4O5Si.C23H39N3O4Si/c2*1-22(2)41-29-17-14-23(20-24(29)21-35)31-36-30(37-43-31)27-13-11-12-26-25(27)15-16-28(26)38(32(39)42-33(3,4)5)18-19-40-44(9,10)34(6,7)8;1-22(2,3)30-21(27)26(14-15-29-31(7,8)23(4,5)6)19-13-12-16-17(19)10-9-11-18(16)20(24)25-28/h2*11-14,17,20,22,28H,15-16,18-19H2,1-10H3;9-11,19,28H,12-15H2,1-8H3,(H2,24,25)/t2*28-;19-/m001/s1. The van der Waals surface area contributed by atoms with Gasteiger partial charge in [-0.05, 0) is 253 Å². The van der Waals surface area contributed by atoms with Crippen molar-refractivity contribution in [3.63, 3.8) is 0 Å². The number of amides is 3. The summed E-state index contributed by atoms with van der Waals surface area (Å²) < 4.78 is 59.5. The predicted molar refractivity (Wildman–Crippen MR) is 472 cm³/mol. The molecule has 0 aliphatic heterocycles. The van der Waals surface area contributed by atoms with Crippen LogP contribution in [-0.2, 0) is 46.8 Å². The van der Waals surface area contributed by atoms with E-state index in [2.05, 4.69) is 141 Å². The predicted octanol–water partition coefficient (Wildman–Crippen LogP) is 21.6. The molecule has 2 heterocycles. The van der Waals surface area contributed by atoms with Crippen LogP contribution in [0.2, 0.25) is 54.4 Å². The Kier molecular flexibility index (Phi) is 30.4. The third kappa shape index (κ3) is 24.5. The van der Waals surface area contributed by atoms with Crippen LogP contribution < -0.4 is 15.2 Å². The van der Waals surface area contributed by atoms with Crippen LogP contribution in [0.5, 0.6) is 11.5 Å². The fourth-order valence-corrected chi connectivity index (χ4v) is 16.7. The van der Waals surface area contributed by atoms with E-state index >= 15 is 0 Å². The second-order valence-corrected chi connectivity index (χ2v) is 53.4. The molecule has 0 bridgehead atoms. The molecule has 119 heavy (non-hydrogen) atoms. The van der Waals surface area contributed by atoms with Gasteiger partial charge in [0.25, 0.3) is 11.8 Å². The van der Waals surface area contributed by atoms with Gasteiger partial charge in [-0.15, -0.1) is 0 Å². The maximum Gasteiger partial charge on any atom is 0.410 e. The van der Waals surface area contributed by atoms with Crippen LogP contribution in [0, 0.1) is 22.7 Å². The summed E-state index contributed by atoms with van der Waals surface area (Å²) in [7, 11) is -5.91. The Hall–Kier alpha value is -9.43. The van der Waals surface area contributed by atoms with Crippen molar-refractivity contribution in [1.29, 1.82) is 10.5 Å². The number of carbonyl (C=O) groups excluding carboxylic acids is 3. The van der Waals surface area contributed by atoms with E-state index in [1.165, 1.54) is 0 Å². The number of oxime groups is 1. The fourth-order valence-electron chi connectivity index (χ4n) is 13.6. The number of nitrogens with zero attached hydrogens (tertiary/aromatic N) is 10. The number of benzene rings is 5. The number of amidine groups is 1. The van der Waals surface area contributed by atoms with Gasteiger partial charge in [0.2, 0.25) is 11.6 Å². The van der Waals surface area contributed by atoms with E-state index in [4.69, 9.17) is 66.9 Å². The van der Waals surface area contributed by atoms with E-state index in [-0.39, 0.29) is 69.6 Å². The minimum atomic E-state index is -1.99. The van der Waals surface area contributed by atoms with Crippen molar-refractivity contribution in [3.05, 3.63) is 141 Å². The van der Waals surface area contributed by atoms with Gasteiger partial charge in [0, 0.05) is 47.5 Å². The molecule has 0 spiro atoms. The van der Waals surface area contributed by atoms with Gasteiger partial charge in [0.1, 0.15) is 40.4 Å². The molecule has 0 unspecified atom stereocenters. The van der Waals surface area contributed by atoms with Gasteiger partial charge in [-0.2, -0.15) is 20.5 Å². The van der Waals surface area contributed by atoms with E-state index in [1.54, 1.807) is 29.2 Å².